The van der Waals surface area contributed by atoms with Gasteiger partial charge in [-0.05, 0) is 50.7 Å². The minimum atomic E-state index is -4.25. The van der Waals surface area contributed by atoms with Gasteiger partial charge in [-0.3, -0.25) is 0 Å². The van der Waals surface area contributed by atoms with E-state index in [1.54, 1.807) is 34.1 Å². The summed E-state index contributed by atoms with van der Waals surface area (Å²) < 4.78 is 51.1. The number of carbonyl (C=O) groups is 1. The van der Waals surface area contributed by atoms with Crippen molar-refractivity contribution in [1.82, 2.24) is 29.6 Å². The summed E-state index contributed by atoms with van der Waals surface area (Å²) in [6, 6.07) is 0.534. The van der Waals surface area contributed by atoms with E-state index in [4.69, 9.17) is 9.47 Å². The zero-order valence-electron chi connectivity index (χ0n) is 21.2. The molecule has 1 aliphatic rings. The maximum Gasteiger partial charge on any atom is 0.389 e. The molecule has 1 fully saturated rings. The van der Waals surface area contributed by atoms with Gasteiger partial charge in [-0.15, -0.1) is 0 Å². The SMILES string of the molecule is CCN(C(=O)NC(CCC(F)(F)F)C1CC1)[C@H](C)c1cnc(OC)c(-c2cn3ccnc3c(OC)n2)c1. The van der Waals surface area contributed by atoms with Crippen LogP contribution >= 0.6 is 0 Å². The Labute approximate surface area is 213 Å². The largest absolute Gasteiger partial charge is 0.481 e. The number of urea groups is 1. The van der Waals surface area contributed by atoms with Crippen molar-refractivity contribution in [3.63, 3.8) is 0 Å². The molecule has 3 heterocycles. The van der Waals surface area contributed by atoms with Crippen LogP contribution in [0, 0.1) is 5.92 Å². The van der Waals surface area contributed by atoms with Gasteiger partial charge in [0.25, 0.3) is 5.88 Å². The third-order valence-electron chi connectivity index (χ3n) is 6.67. The molecule has 0 saturated heterocycles. The quantitative estimate of drug-likeness (QED) is 0.403. The molecular weight excluding hydrogens is 489 g/mol. The van der Waals surface area contributed by atoms with E-state index in [0.717, 1.165) is 18.4 Å². The van der Waals surface area contributed by atoms with E-state index in [1.165, 1.54) is 14.2 Å². The van der Waals surface area contributed by atoms with Gasteiger partial charge in [-0.1, -0.05) is 0 Å². The first-order valence-corrected chi connectivity index (χ1v) is 12.2. The van der Waals surface area contributed by atoms with Gasteiger partial charge in [0.2, 0.25) is 5.88 Å². The third-order valence-corrected chi connectivity index (χ3v) is 6.67. The molecule has 3 aromatic heterocycles. The lowest BCUT2D eigenvalue weighted by atomic mass is 10.0. The highest BCUT2D eigenvalue weighted by atomic mass is 19.4. The highest BCUT2D eigenvalue weighted by Crippen LogP contribution is 2.37. The summed E-state index contributed by atoms with van der Waals surface area (Å²) in [6.07, 6.45) is 3.18. The van der Waals surface area contributed by atoms with Gasteiger partial charge in [0.15, 0.2) is 5.65 Å². The number of pyridine rings is 1. The molecule has 4 rings (SSSR count). The molecule has 0 aliphatic heterocycles. The van der Waals surface area contributed by atoms with E-state index in [-0.39, 0.29) is 12.3 Å². The van der Waals surface area contributed by atoms with Crippen LogP contribution in [-0.2, 0) is 0 Å². The first-order valence-electron chi connectivity index (χ1n) is 12.2. The van der Waals surface area contributed by atoms with E-state index in [1.807, 2.05) is 19.9 Å². The van der Waals surface area contributed by atoms with Gasteiger partial charge >= 0.3 is 12.2 Å². The zero-order valence-corrected chi connectivity index (χ0v) is 21.2. The molecule has 1 aliphatic carbocycles. The van der Waals surface area contributed by atoms with Gasteiger partial charge in [0.1, 0.15) is 0 Å². The fourth-order valence-corrected chi connectivity index (χ4v) is 4.47. The van der Waals surface area contributed by atoms with Crippen molar-refractivity contribution in [3.05, 3.63) is 36.4 Å². The highest BCUT2D eigenvalue weighted by molar-refractivity contribution is 5.75. The molecule has 0 aromatic carbocycles. The predicted molar refractivity (Wildman–Crippen MR) is 130 cm³/mol. The first-order chi connectivity index (χ1) is 17.6. The summed E-state index contributed by atoms with van der Waals surface area (Å²) in [5, 5.41) is 2.86. The summed E-state index contributed by atoms with van der Waals surface area (Å²) in [6.45, 7) is 4.04. The number of hydrogen-bond acceptors (Lipinski definition) is 6. The molecule has 2 atom stereocenters. The third kappa shape index (κ3) is 6.05. The molecule has 9 nitrogen and oxygen atoms in total. The summed E-state index contributed by atoms with van der Waals surface area (Å²) in [7, 11) is 3.02. The lowest BCUT2D eigenvalue weighted by Crippen LogP contribution is -2.46. The van der Waals surface area contributed by atoms with E-state index in [2.05, 4.69) is 20.3 Å². The summed E-state index contributed by atoms with van der Waals surface area (Å²) in [5.41, 5.74) is 2.41. The van der Waals surface area contributed by atoms with Crippen molar-refractivity contribution in [2.75, 3.05) is 20.8 Å². The Kier molecular flexibility index (Phi) is 7.74. The number of methoxy groups -OCH3 is 2. The van der Waals surface area contributed by atoms with Crippen molar-refractivity contribution in [3.8, 4) is 23.0 Å². The van der Waals surface area contributed by atoms with Gasteiger partial charge in [0.05, 0.1) is 31.5 Å². The van der Waals surface area contributed by atoms with Gasteiger partial charge < -0.3 is 24.1 Å². The van der Waals surface area contributed by atoms with Crippen LogP contribution in [0.2, 0.25) is 0 Å². The number of nitrogens with one attached hydrogen (secondary N) is 1. The van der Waals surface area contributed by atoms with Gasteiger partial charge in [-0.25, -0.2) is 19.7 Å². The van der Waals surface area contributed by atoms with Crippen LogP contribution in [0.25, 0.3) is 16.9 Å². The summed E-state index contributed by atoms with van der Waals surface area (Å²) >= 11 is 0. The fourth-order valence-electron chi connectivity index (χ4n) is 4.47. The number of amides is 2. The number of alkyl halides is 3. The normalized spacial score (nSPS) is 15.3. The average Bonchev–Trinajstić information content (AvgIpc) is 3.61. The summed E-state index contributed by atoms with van der Waals surface area (Å²) in [5.74, 6) is 0.773. The number of fused-ring (bicyclic) bond motifs is 1. The number of aromatic nitrogens is 4. The number of nitrogens with zero attached hydrogens (tertiary/aromatic N) is 5. The molecule has 0 radical (unpaired) electrons. The molecule has 3 aromatic rings. The van der Waals surface area contributed by atoms with Crippen molar-refractivity contribution in [1.29, 1.82) is 0 Å². The molecule has 200 valence electrons. The van der Waals surface area contributed by atoms with Crippen LogP contribution < -0.4 is 14.8 Å². The molecule has 37 heavy (non-hydrogen) atoms. The lowest BCUT2D eigenvalue weighted by Gasteiger charge is -2.31. The van der Waals surface area contributed by atoms with Crippen LogP contribution in [0.15, 0.2) is 30.9 Å². The summed E-state index contributed by atoms with van der Waals surface area (Å²) in [4.78, 5) is 28.0. The minimum Gasteiger partial charge on any atom is -0.481 e. The molecule has 1 N–H and O–H groups in total. The van der Waals surface area contributed by atoms with E-state index < -0.39 is 30.7 Å². The van der Waals surface area contributed by atoms with Crippen molar-refractivity contribution < 1.29 is 27.4 Å². The molecular formula is C25H31F3N6O3. The minimum absolute atomic E-state index is 0.0914. The number of halogens is 3. The van der Waals surface area contributed by atoms with Crippen molar-refractivity contribution in [2.45, 2.75) is 57.8 Å². The smallest absolute Gasteiger partial charge is 0.389 e. The molecule has 0 spiro atoms. The monoisotopic (exact) mass is 520 g/mol. The van der Waals surface area contributed by atoms with E-state index >= 15 is 0 Å². The number of imidazole rings is 1. The lowest BCUT2D eigenvalue weighted by molar-refractivity contribution is -0.136. The second-order valence-electron chi connectivity index (χ2n) is 9.13. The molecule has 1 unspecified atom stereocenters. The van der Waals surface area contributed by atoms with E-state index in [0.29, 0.717) is 35.2 Å². The van der Waals surface area contributed by atoms with Gasteiger partial charge in [0, 0.05) is 43.8 Å². The molecule has 0 bridgehead atoms. The maximum absolute atomic E-state index is 13.2. The van der Waals surface area contributed by atoms with Crippen LogP contribution in [0.1, 0.15) is 51.1 Å². The molecule has 1 saturated carbocycles. The zero-order chi connectivity index (χ0) is 26.7. The Morgan fingerprint density at radius 3 is 2.59 bits per heavy atom. The Morgan fingerprint density at radius 1 is 1.24 bits per heavy atom. The van der Waals surface area contributed by atoms with Crippen molar-refractivity contribution >= 4 is 11.7 Å². The second kappa shape index (κ2) is 10.8. The molecule has 2 amide bonds. The maximum atomic E-state index is 13.2. The van der Waals surface area contributed by atoms with Crippen LogP contribution in [0.5, 0.6) is 11.8 Å². The Balaban J connectivity index is 1.59. The molecule has 12 heteroatoms. The van der Waals surface area contributed by atoms with Crippen LogP contribution in [0.3, 0.4) is 0 Å². The Bertz CT molecular complexity index is 1240. The number of carbonyl (C=O) groups excluding carboxylic acids is 1. The number of rotatable bonds is 10. The average molecular weight is 521 g/mol. The number of hydrogen-bond donors (Lipinski definition) is 1. The van der Waals surface area contributed by atoms with Gasteiger partial charge in [-0.2, -0.15) is 13.2 Å². The van der Waals surface area contributed by atoms with Crippen molar-refractivity contribution in [2.24, 2.45) is 5.92 Å². The second-order valence-corrected chi connectivity index (χ2v) is 9.13. The highest BCUT2D eigenvalue weighted by Gasteiger charge is 2.37. The fraction of sp³-hybridized carbons (Fsp3) is 0.520. The Hall–Kier alpha value is -3.57. The van der Waals surface area contributed by atoms with Crippen LogP contribution in [-0.4, -0.2) is 63.3 Å². The van der Waals surface area contributed by atoms with E-state index in [9.17, 15) is 18.0 Å². The topological polar surface area (TPSA) is 93.9 Å². The predicted octanol–water partition coefficient (Wildman–Crippen LogP) is 5.02. The van der Waals surface area contributed by atoms with Crippen LogP contribution in [0.4, 0.5) is 18.0 Å². The number of ether oxygens (including phenoxy) is 2. The standard InChI is InChI=1S/C25H31F3N6O3/c1-5-34(24(35)32-19(16-6-7-16)8-9-25(26,27)28)15(2)17-12-18(22(36-3)30-13-17)20-14-33-11-10-29-21(33)23(31-20)37-4/h10-16,19H,5-9H2,1-4H3,(H,32,35)/t15-,19?/m1/s1. The first kappa shape index (κ1) is 26.5. The Morgan fingerprint density at radius 2 is 1.97 bits per heavy atom.